The van der Waals surface area contributed by atoms with E-state index >= 15 is 0 Å². The molecule has 2 aliphatic rings. The first kappa shape index (κ1) is 31.6. The third-order valence-corrected chi connectivity index (χ3v) is 7.67. The number of benzene rings is 2. The molecule has 5 rings (SSSR count). The van der Waals surface area contributed by atoms with Crippen LogP contribution in [0.15, 0.2) is 66.9 Å². The number of halogens is 6. The van der Waals surface area contributed by atoms with Gasteiger partial charge in [0.15, 0.2) is 0 Å². The quantitative estimate of drug-likeness (QED) is 0.314. The Labute approximate surface area is 258 Å². The van der Waals surface area contributed by atoms with Gasteiger partial charge < -0.3 is 10.1 Å². The van der Waals surface area contributed by atoms with Gasteiger partial charge in [0, 0.05) is 53.8 Å². The molecule has 1 aliphatic heterocycles. The second kappa shape index (κ2) is 12.3. The van der Waals surface area contributed by atoms with Crippen LogP contribution in [0.5, 0.6) is 5.75 Å². The molecule has 2 fully saturated rings. The molecule has 1 aliphatic carbocycles. The molecule has 1 aromatic heterocycles. The topological polar surface area (TPSA) is 116 Å². The van der Waals surface area contributed by atoms with Gasteiger partial charge in [-0.25, -0.2) is 13.8 Å². The highest BCUT2D eigenvalue weighted by Crippen LogP contribution is 2.40. The van der Waals surface area contributed by atoms with E-state index in [-0.39, 0.29) is 40.5 Å². The Kier molecular flexibility index (Phi) is 8.66. The Morgan fingerprint density at radius 1 is 1.13 bits per heavy atom. The summed E-state index contributed by atoms with van der Waals surface area (Å²) in [6, 6.07) is 10.8. The van der Waals surface area contributed by atoms with Crippen molar-refractivity contribution in [1.29, 1.82) is 5.26 Å². The van der Waals surface area contributed by atoms with E-state index in [2.05, 4.69) is 15.0 Å². The van der Waals surface area contributed by atoms with Crippen LogP contribution in [0.3, 0.4) is 0 Å². The highest BCUT2D eigenvalue weighted by atomic mass is 35.5. The maximum Gasteiger partial charge on any atom is 0.573 e. The van der Waals surface area contributed by atoms with E-state index in [0.717, 1.165) is 21.9 Å². The summed E-state index contributed by atoms with van der Waals surface area (Å²) in [6.45, 7) is 0. The summed E-state index contributed by atoms with van der Waals surface area (Å²) in [5.41, 5.74) is -0.0529. The van der Waals surface area contributed by atoms with Crippen LogP contribution in [0.4, 0.5) is 33.5 Å². The van der Waals surface area contributed by atoms with Crippen molar-refractivity contribution < 1.29 is 41.1 Å². The van der Waals surface area contributed by atoms with Crippen LogP contribution < -0.4 is 19.9 Å². The molecular formula is C30H23ClF5N5O4. The molecule has 15 heteroatoms. The van der Waals surface area contributed by atoms with Gasteiger partial charge in [0.05, 0.1) is 11.6 Å². The van der Waals surface area contributed by atoms with E-state index in [4.69, 9.17) is 11.6 Å². The van der Waals surface area contributed by atoms with Crippen LogP contribution >= 0.6 is 11.6 Å². The highest BCUT2D eigenvalue weighted by molar-refractivity contribution is 6.31. The lowest BCUT2D eigenvalue weighted by Crippen LogP contribution is -2.56. The van der Waals surface area contributed by atoms with Crippen molar-refractivity contribution in [2.45, 2.75) is 56.1 Å². The van der Waals surface area contributed by atoms with Gasteiger partial charge >= 0.3 is 6.36 Å². The molecule has 1 unspecified atom stereocenters. The number of nitrogens with zero attached hydrogens (tertiary/aromatic N) is 4. The third-order valence-electron chi connectivity index (χ3n) is 7.33. The number of rotatable bonds is 8. The summed E-state index contributed by atoms with van der Waals surface area (Å²) in [4.78, 5) is 47.6. The fourth-order valence-electron chi connectivity index (χ4n) is 5.36. The fourth-order valence-corrected chi connectivity index (χ4v) is 5.60. The number of hydrogen-bond donors (Lipinski definition) is 1. The van der Waals surface area contributed by atoms with E-state index in [1.807, 2.05) is 6.07 Å². The number of nitrogens with one attached hydrogen (secondary N) is 1. The Bertz CT molecular complexity index is 1670. The van der Waals surface area contributed by atoms with E-state index in [0.29, 0.717) is 0 Å². The molecule has 0 bridgehead atoms. The van der Waals surface area contributed by atoms with E-state index in [1.54, 1.807) is 6.07 Å². The summed E-state index contributed by atoms with van der Waals surface area (Å²) in [7, 11) is 0. The molecule has 2 heterocycles. The lowest BCUT2D eigenvalue weighted by Gasteiger charge is -2.39. The molecule has 9 nitrogen and oxygen atoms in total. The van der Waals surface area contributed by atoms with Crippen LogP contribution in [0.25, 0.3) is 0 Å². The largest absolute Gasteiger partial charge is 0.573 e. The SMILES string of the molecule is N#Cc1ccnc(N2C(=O)CC[C@H]2C(=O)N(c2cccc(OC(F)(F)F)c2)C(C(=O)NC2CC(F)(F)C2)c2ccccc2Cl)c1. The van der Waals surface area contributed by atoms with Gasteiger partial charge in [-0.05, 0) is 36.8 Å². The molecule has 0 radical (unpaired) electrons. The lowest BCUT2D eigenvalue weighted by molar-refractivity contribution is -0.274. The van der Waals surface area contributed by atoms with E-state index in [1.165, 1.54) is 48.7 Å². The molecule has 0 spiro atoms. The predicted molar refractivity (Wildman–Crippen MR) is 150 cm³/mol. The van der Waals surface area contributed by atoms with Crippen molar-refractivity contribution in [1.82, 2.24) is 10.3 Å². The number of carbonyl (C=O) groups excluding carboxylic acids is 3. The maximum atomic E-state index is 14.6. The van der Waals surface area contributed by atoms with Crippen LogP contribution in [0.2, 0.25) is 5.02 Å². The van der Waals surface area contributed by atoms with Crippen LogP contribution in [0, 0.1) is 11.3 Å². The summed E-state index contributed by atoms with van der Waals surface area (Å²) in [5.74, 6) is -6.10. The zero-order valence-corrected chi connectivity index (χ0v) is 23.9. The first-order valence-corrected chi connectivity index (χ1v) is 13.9. The van der Waals surface area contributed by atoms with Crippen LogP contribution in [-0.4, -0.2) is 47.1 Å². The minimum Gasteiger partial charge on any atom is -0.406 e. The molecule has 1 saturated heterocycles. The van der Waals surface area contributed by atoms with E-state index < -0.39 is 66.7 Å². The number of nitriles is 1. The van der Waals surface area contributed by atoms with Crippen molar-refractivity contribution >= 4 is 40.8 Å². The number of anilines is 2. The number of ether oxygens (including phenoxy) is 1. The minimum atomic E-state index is -5.09. The molecule has 1 saturated carbocycles. The Hall–Kier alpha value is -4.77. The van der Waals surface area contributed by atoms with Crippen molar-refractivity contribution in [2.75, 3.05) is 9.80 Å². The van der Waals surface area contributed by atoms with Gasteiger partial charge in [0.25, 0.3) is 11.8 Å². The third kappa shape index (κ3) is 6.99. The maximum absolute atomic E-state index is 14.6. The second-order valence-corrected chi connectivity index (χ2v) is 10.9. The number of amides is 3. The zero-order valence-electron chi connectivity index (χ0n) is 23.1. The van der Waals surface area contributed by atoms with Gasteiger partial charge in [-0.3, -0.25) is 24.2 Å². The predicted octanol–water partition coefficient (Wildman–Crippen LogP) is 5.69. The highest BCUT2D eigenvalue weighted by Gasteiger charge is 2.48. The molecule has 2 aromatic carbocycles. The van der Waals surface area contributed by atoms with Crippen molar-refractivity contribution in [3.8, 4) is 11.8 Å². The molecule has 234 valence electrons. The standard InChI is InChI=1S/C30H23ClF5N5O4/c31-22-7-2-1-6-21(22)26(27(43)39-18-14-29(32,33)15-18)40(19-4-3-5-20(13-19)45-30(34,35)36)28(44)23-8-9-25(42)41(23)24-12-17(16-37)10-11-38-24/h1-7,10-13,18,23,26H,8-9,14-15H2,(H,39,43)/t23-,26?/m0/s1. The number of pyridine rings is 1. The lowest BCUT2D eigenvalue weighted by atomic mass is 9.87. The summed E-state index contributed by atoms with van der Waals surface area (Å²) in [6.07, 6.45) is -5.32. The molecule has 1 N–H and O–H groups in total. The van der Waals surface area contributed by atoms with Crippen molar-refractivity contribution in [3.63, 3.8) is 0 Å². The fraction of sp³-hybridized carbons (Fsp3) is 0.300. The number of aromatic nitrogens is 1. The number of alkyl halides is 5. The van der Waals surface area contributed by atoms with Gasteiger partial charge in [-0.15, -0.1) is 13.2 Å². The molecular weight excluding hydrogens is 625 g/mol. The average molecular weight is 648 g/mol. The minimum absolute atomic E-state index is 0.000159. The van der Waals surface area contributed by atoms with Gasteiger partial charge in [-0.1, -0.05) is 35.9 Å². The monoisotopic (exact) mass is 647 g/mol. The summed E-state index contributed by atoms with van der Waals surface area (Å²) < 4.78 is 70.8. The number of hydrogen-bond acceptors (Lipinski definition) is 6. The summed E-state index contributed by atoms with van der Waals surface area (Å²) in [5, 5.41) is 11.9. The summed E-state index contributed by atoms with van der Waals surface area (Å²) >= 11 is 6.47. The second-order valence-electron chi connectivity index (χ2n) is 10.5. The molecule has 2 atom stereocenters. The Morgan fingerprint density at radius 2 is 1.87 bits per heavy atom. The Morgan fingerprint density at radius 3 is 2.53 bits per heavy atom. The van der Waals surface area contributed by atoms with Gasteiger partial charge in [0.2, 0.25) is 11.8 Å². The average Bonchev–Trinajstić information content (AvgIpc) is 3.35. The van der Waals surface area contributed by atoms with Crippen molar-refractivity contribution in [3.05, 3.63) is 83.0 Å². The van der Waals surface area contributed by atoms with Crippen molar-refractivity contribution in [2.24, 2.45) is 0 Å². The molecule has 3 amide bonds. The zero-order chi connectivity index (χ0) is 32.5. The first-order chi connectivity index (χ1) is 21.3. The van der Waals surface area contributed by atoms with Crippen LogP contribution in [0.1, 0.15) is 42.9 Å². The Balaban J connectivity index is 1.64. The van der Waals surface area contributed by atoms with E-state index in [9.17, 15) is 41.6 Å². The molecule has 3 aromatic rings. The normalized spacial score (nSPS) is 18.5. The first-order valence-electron chi connectivity index (χ1n) is 13.6. The molecule has 45 heavy (non-hydrogen) atoms. The smallest absolute Gasteiger partial charge is 0.406 e. The van der Waals surface area contributed by atoms with Gasteiger partial charge in [-0.2, -0.15) is 5.26 Å². The van der Waals surface area contributed by atoms with Crippen LogP contribution in [-0.2, 0) is 14.4 Å². The van der Waals surface area contributed by atoms with Gasteiger partial charge in [0.1, 0.15) is 23.7 Å². The number of carbonyl (C=O) groups is 3.